The second kappa shape index (κ2) is 5.13. The third-order valence-electron chi connectivity index (χ3n) is 1.96. The van der Waals surface area contributed by atoms with Gasteiger partial charge >= 0.3 is 12.1 Å². The minimum Gasteiger partial charge on any atom is -0.475 e. The third-order valence-corrected chi connectivity index (χ3v) is 4.62. The molecular formula is C8H7BrF3NO5S. The Kier molecular flexibility index (Phi) is 4.32. The summed E-state index contributed by atoms with van der Waals surface area (Å²) in [6.07, 6.45) is -4.71. The number of halogens is 4. The number of alkyl halides is 3. The summed E-state index contributed by atoms with van der Waals surface area (Å²) in [6.45, 7) is -1.70. The van der Waals surface area contributed by atoms with Gasteiger partial charge in [0.2, 0.25) is 15.8 Å². The van der Waals surface area contributed by atoms with Crippen molar-refractivity contribution in [3.05, 3.63) is 16.5 Å². The van der Waals surface area contributed by atoms with Crippen molar-refractivity contribution < 1.29 is 35.9 Å². The number of aromatic carboxylic acids is 1. The number of carboxylic acids is 1. The van der Waals surface area contributed by atoms with Gasteiger partial charge in [0.05, 0.1) is 0 Å². The first-order valence-electron chi connectivity index (χ1n) is 4.51. The van der Waals surface area contributed by atoms with Crippen LogP contribution in [0, 0.1) is 0 Å². The molecule has 1 aromatic rings. The van der Waals surface area contributed by atoms with Crippen LogP contribution in [0.25, 0.3) is 0 Å². The van der Waals surface area contributed by atoms with E-state index in [0.717, 1.165) is 7.05 Å². The number of carboxylic acid groups (broad SMARTS) is 1. The summed E-state index contributed by atoms with van der Waals surface area (Å²) in [5.74, 6) is -2.24. The van der Waals surface area contributed by atoms with Crippen molar-refractivity contribution in [3.63, 3.8) is 0 Å². The van der Waals surface area contributed by atoms with Crippen LogP contribution in [-0.2, 0) is 10.0 Å². The van der Waals surface area contributed by atoms with Crippen LogP contribution in [0.1, 0.15) is 10.6 Å². The van der Waals surface area contributed by atoms with E-state index < -0.39 is 44.0 Å². The maximum absolute atomic E-state index is 12.2. The monoisotopic (exact) mass is 365 g/mol. The van der Waals surface area contributed by atoms with Crippen LogP contribution >= 0.6 is 15.9 Å². The second-order valence-corrected chi connectivity index (χ2v) is 6.16. The predicted octanol–water partition coefficient (Wildman–Crippen LogP) is 1.92. The van der Waals surface area contributed by atoms with Gasteiger partial charge in [-0.25, -0.2) is 13.2 Å². The molecule has 11 heteroatoms. The van der Waals surface area contributed by atoms with Gasteiger partial charge in [0.25, 0.3) is 0 Å². The van der Waals surface area contributed by atoms with Crippen molar-refractivity contribution in [1.82, 2.24) is 4.31 Å². The van der Waals surface area contributed by atoms with Gasteiger partial charge in [-0.2, -0.15) is 17.5 Å². The number of hydrogen-bond acceptors (Lipinski definition) is 4. The van der Waals surface area contributed by atoms with E-state index in [1.807, 2.05) is 0 Å². The first-order valence-corrected chi connectivity index (χ1v) is 6.74. The second-order valence-electron chi connectivity index (χ2n) is 3.43. The number of rotatable bonds is 4. The lowest BCUT2D eigenvalue weighted by Gasteiger charge is -2.17. The van der Waals surface area contributed by atoms with E-state index in [4.69, 9.17) is 5.11 Å². The Labute approximate surface area is 114 Å². The Hall–Kier alpha value is -1.07. The Balaban J connectivity index is 3.17. The lowest BCUT2D eigenvalue weighted by atomic mass is 10.5. The van der Waals surface area contributed by atoms with E-state index in [9.17, 15) is 26.4 Å². The van der Waals surface area contributed by atoms with E-state index in [-0.39, 0.29) is 4.31 Å². The smallest absolute Gasteiger partial charge is 0.402 e. The topological polar surface area (TPSA) is 87.8 Å². The van der Waals surface area contributed by atoms with E-state index in [2.05, 4.69) is 20.3 Å². The van der Waals surface area contributed by atoms with Crippen LogP contribution in [0.4, 0.5) is 13.2 Å². The molecule has 0 amide bonds. The summed E-state index contributed by atoms with van der Waals surface area (Å²) in [5, 5.41) is 8.61. The van der Waals surface area contributed by atoms with Gasteiger partial charge in [0.15, 0.2) is 4.67 Å². The Morgan fingerprint density at radius 3 is 2.42 bits per heavy atom. The highest BCUT2D eigenvalue weighted by Crippen LogP contribution is 2.29. The fourth-order valence-electron chi connectivity index (χ4n) is 1.14. The van der Waals surface area contributed by atoms with E-state index >= 15 is 0 Å². The first-order chi connectivity index (χ1) is 8.45. The van der Waals surface area contributed by atoms with E-state index in [1.165, 1.54) is 0 Å². The van der Waals surface area contributed by atoms with Gasteiger partial charge in [-0.1, -0.05) is 0 Å². The molecule has 0 bridgehead atoms. The number of sulfonamides is 1. The van der Waals surface area contributed by atoms with Crippen molar-refractivity contribution in [2.24, 2.45) is 0 Å². The molecule has 0 spiro atoms. The highest BCUT2D eigenvalue weighted by atomic mass is 79.9. The summed E-state index contributed by atoms with van der Waals surface area (Å²) >= 11 is 2.65. The van der Waals surface area contributed by atoms with Gasteiger partial charge in [0.1, 0.15) is 11.4 Å². The quantitative estimate of drug-likeness (QED) is 0.880. The first kappa shape index (κ1) is 16.0. The molecule has 0 aromatic carbocycles. The highest BCUT2D eigenvalue weighted by molar-refractivity contribution is 9.10. The molecule has 0 aliphatic carbocycles. The van der Waals surface area contributed by atoms with E-state index in [1.54, 1.807) is 0 Å². The van der Waals surface area contributed by atoms with Gasteiger partial charge in [-0.05, 0) is 15.9 Å². The standard InChI is InChI=1S/C8H7BrF3NO5S/c1-13(3-8(10,11)12)19(16,17)5-2-4(7(14)15)18-6(5)9/h2H,3H2,1H3,(H,14,15). The zero-order chi connectivity index (χ0) is 15.0. The average molecular weight is 366 g/mol. The molecule has 1 N–H and O–H groups in total. The molecular weight excluding hydrogens is 359 g/mol. The molecule has 6 nitrogen and oxygen atoms in total. The summed E-state index contributed by atoms with van der Waals surface area (Å²) < 4.78 is 64.2. The maximum atomic E-state index is 12.2. The lowest BCUT2D eigenvalue weighted by Crippen LogP contribution is -2.35. The van der Waals surface area contributed by atoms with E-state index in [0.29, 0.717) is 6.07 Å². The number of hydrogen-bond donors (Lipinski definition) is 1. The number of nitrogens with zero attached hydrogens (tertiary/aromatic N) is 1. The van der Waals surface area contributed by atoms with Crippen LogP contribution in [-0.4, -0.2) is 43.6 Å². The molecule has 0 aliphatic rings. The molecule has 1 rings (SSSR count). The molecule has 0 atom stereocenters. The van der Waals surface area contributed by atoms with Crippen molar-refractivity contribution in [3.8, 4) is 0 Å². The Morgan fingerprint density at radius 1 is 1.53 bits per heavy atom. The molecule has 0 saturated heterocycles. The van der Waals surface area contributed by atoms with Gasteiger partial charge in [-0.15, -0.1) is 0 Å². The van der Waals surface area contributed by atoms with Crippen molar-refractivity contribution >= 4 is 31.9 Å². The van der Waals surface area contributed by atoms with Gasteiger partial charge < -0.3 is 9.52 Å². The van der Waals surface area contributed by atoms with Crippen LogP contribution < -0.4 is 0 Å². The van der Waals surface area contributed by atoms with Gasteiger partial charge in [-0.3, -0.25) is 0 Å². The minimum absolute atomic E-state index is 0.0498. The number of furan rings is 1. The lowest BCUT2D eigenvalue weighted by molar-refractivity contribution is -0.134. The average Bonchev–Trinajstić information content (AvgIpc) is 2.58. The molecule has 0 saturated carbocycles. The minimum atomic E-state index is -4.71. The normalized spacial score (nSPS) is 12.9. The highest BCUT2D eigenvalue weighted by Gasteiger charge is 2.37. The molecule has 19 heavy (non-hydrogen) atoms. The fraction of sp³-hybridized carbons (Fsp3) is 0.375. The predicted molar refractivity (Wildman–Crippen MR) is 59.2 cm³/mol. The van der Waals surface area contributed by atoms with Crippen LogP contribution in [0.5, 0.6) is 0 Å². The van der Waals surface area contributed by atoms with Crippen molar-refractivity contribution in [2.75, 3.05) is 13.6 Å². The zero-order valence-electron chi connectivity index (χ0n) is 9.23. The molecule has 0 unspecified atom stereocenters. The van der Waals surface area contributed by atoms with Crippen molar-refractivity contribution in [1.29, 1.82) is 0 Å². The third kappa shape index (κ3) is 3.70. The Morgan fingerprint density at radius 2 is 2.05 bits per heavy atom. The summed E-state index contributed by atoms with van der Waals surface area (Å²) in [4.78, 5) is 9.91. The Bertz CT molecular complexity index is 594. The van der Waals surface area contributed by atoms with Gasteiger partial charge in [0, 0.05) is 13.1 Å². The maximum Gasteiger partial charge on any atom is 0.402 e. The molecule has 0 aliphatic heterocycles. The molecule has 0 radical (unpaired) electrons. The van der Waals surface area contributed by atoms with Crippen molar-refractivity contribution in [2.45, 2.75) is 11.1 Å². The summed E-state index contributed by atoms with van der Waals surface area (Å²) in [7, 11) is -3.78. The molecule has 1 aromatic heterocycles. The summed E-state index contributed by atoms with van der Waals surface area (Å²) in [5.41, 5.74) is 0. The molecule has 0 fully saturated rings. The zero-order valence-corrected chi connectivity index (χ0v) is 11.6. The van der Waals surface area contributed by atoms with Crippen LogP contribution in [0.2, 0.25) is 0 Å². The fourth-order valence-corrected chi connectivity index (χ4v) is 3.19. The molecule has 1 heterocycles. The van der Waals surface area contributed by atoms with Crippen LogP contribution in [0.15, 0.2) is 20.0 Å². The summed E-state index contributed by atoms with van der Waals surface area (Å²) in [6, 6.07) is 0.634. The molecule has 108 valence electrons. The van der Waals surface area contributed by atoms with Crippen LogP contribution in [0.3, 0.4) is 0 Å². The SMILES string of the molecule is CN(CC(F)(F)F)S(=O)(=O)c1cc(C(=O)O)oc1Br. The number of carbonyl (C=O) groups is 1. The largest absolute Gasteiger partial charge is 0.475 e.